The highest BCUT2D eigenvalue weighted by molar-refractivity contribution is 6.00. The summed E-state index contributed by atoms with van der Waals surface area (Å²) >= 11 is 0. The largest absolute Gasteiger partial charge is 0.353 e. The Balaban J connectivity index is 1.43. The van der Waals surface area contributed by atoms with Gasteiger partial charge in [0.05, 0.1) is 28.8 Å². The zero-order valence-electron chi connectivity index (χ0n) is 18.9. The maximum atomic E-state index is 11.8. The van der Waals surface area contributed by atoms with E-state index in [-0.39, 0.29) is 5.91 Å². The summed E-state index contributed by atoms with van der Waals surface area (Å²) in [6.07, 6.45) is 7.36. The maximum absolute atomic E-state index is 11.8. The van der Waals surface area contributed by atoms with Crippen molar-refractivity contribution in [3.63, 3.8) is 0 Å². The molecule has 0 saturated carbocycles. The summed E-state index contributed by atoms with van der Waals surface area (Å²) in [5.41, 5.74) is 8.64. The third-order valence-electron chi connectivity index (χ3n) is 5.96. The average Bonchev–Trinajstić information content (AvgIpc) is 3.53. The number of anilines is 1. The fraction of sp³-hybridized carbons (Fsp3) is 0.0741. The topological polar surface area (TPSA) is 112 Å². The van der Waals surface area contributed by atoms with Crippen LogP contribution in [0.15, 0.2) is 79.4 Å². The molecule has 0 aliphatic carbocycles. The summed E-state index contributed by atoms with van der Waals surface area (Å²) < 4.78 is 0. The molecule has 0 fully saturated rings. The molecule has 8 nitrogen and oxygen atoms in total. The van der Waals surface area contributed by atoms with Crippen LogP contribution in [0.3, 0.4) is 0 Å². The summed E-state index contributed by atoms with van der Waals surface area (Å²) in [7, 11) is 0. The van der Waals surface area contributed by atoms with Gasteiger partial charge in [0.1, 0.15) is 11.2 Å². The Bertz CT molecular complexity index is 1680. The number of rotatable bonds is 5. The van der Waals surface area contributed by atoms with Crippen LogP contribution in [-0.2, 0) is 4.79 Å². The number of nitrogens with zero attached hydrogens (tertiary/aromatic N) is 4. The molecular weight excluding hydrogens is 438 g/mol. The van der Waals surface area contributed by atoms with Gasteiger partial charge in [0.25, 0.3) is 0 Å². The van der Waals surface area contributed by atoms with Crippen molar-refractivity contribution < 1.29 is 4.79 Å². The molecule has 35 heavy (non-hydrogen) atoms. The number of benzene rings is 1. The highest BCUT2D eigenvalue weighted by Crippen LogP contribution is 2.34. The standard InChI is InChI=1S/C27H21N7O/c1-2-25(35)30-18-12-17(14-29-15-18)21-6-7-23-26(32-21)27(34-33-23)24-13-20-19(4-3-5-22(20)31-24)16-8-10-28-11-9-16/h3-15,31H,2H2,1H3,(H,30,35)(H,33,34). The zero-order chi connectivity index (χ0) is 23.8. The molecule has 6 aromatic rings. The van der Waals surface area contributed by atoms with E-state index in [4.69, 9.17) is 4.98 Å². The van der Waals surface area contributed by atoms with Crippen LogP contribution in [-0.4, -0.2) is 36.0 Å². The van der Waals surface area contributed by atoms with Crippen LogP contribution in [0.25, 0.3) is 55.7 Å². The van der Waals surface area contributed by atoms with E-state index in [1.54, 1.807) is 24.8 Å². The molecule has 0 spiro atoms. The number of H-pyrrole nitrogens is 2. The van der Waals surface area contributed by atoms with Crippen LogP contribution in [0, 0.1) is 0 Å². The molecule has 8 heteroatoms. The Morgan fingerprint density at radius 2 is 1.83 bits per heavy atom. The minimum Gasteiger partial charge on any atom is -0.353 e. The van der Waals surface area contributed by atoms with Gasteiger partial charge < -0.3 is 10.3 Å². The molecule has 170 valence electrons. The number of amides is 1. The van der Waals surface area contributed by atoms with E-state index in [9.17, 15) is 4.79 Å². The lowest BCUT2D eigenvalue weighted by atomic mass is 10.0. The molecule has 3 N–H and O–H groups in total. The Hall–Kier alpha value is -4.85. The maximum Gasteiger partial charge on any atom is 0.224 e. The van der Waals surface area contributed by atoms with Gasteiger partial charge >= 0.3 is 0 Å². The number of nitrogens with one attached hydrogen (secondary N) is 3. The lowest BCUT2D eigenvalue weighted by molar-refractivity contribution is -0.115. The van der Waals surface area contributed by atoms with E-state index in [2.05, 4.69) is 48.7 Å². The van der Waals surface area contributed by atoms with Gasteiger partial charge in [-0.1, -0.05) is 19.1 Å². The van der Waals surface area contributed by atoms with Gasteiger partial charge in [-0.2, -0.15) is 5.10 Å². The summed E-state index contributed by atoms with van der Waals surface area (Å²) in [6, 6.07) is 18.1. The summed E-state index contributed by atoms with van der Waals surface area (Å²) in [4.78, 5) is 28.6. The molecule has 0 saturated heterocycles. The number of pyridine rings is 3. The first kappa shape index (κ1) is 20.7. The van der Waals surface area contributed by atoms with Crippen LogP contribution in [0.5, 0.6) is 0 Å². The summed E-state index contributed by atoms with van der Waals surface area (Å²) in [6.45, 7) is 1.81. The number of hydrogen-bond donors (Lipinski definition) is 3. The number of carbonyl (C=O) groups excluding carboxylic acids is 1. The van der Waals surface area contributed by atoms with Gasteiger partial charge in [-0.05, 0) is 53.6 Å². The minimum atomic E-state index is -0.0607. The van der Waals surface area contributed by atoms with E-state index in [1.807, 2.05) is 43.3 Å². The van der Waals surface area contributed by atoms with Crippen LogP contribution in [0.2, 0.25) is 0 Å². The Morgan fingerprint density at radius 1 is 0.943 bits per heavy atom. The normalized spacial score (nSPS) is 11.2. The van der Waals surface area contributed by atoms with Gasteiger partial charge in [0, 0.05) is 41.5 Å². The van der Waals surface area contributed by atoms with Crippen molar-refractivity contribution in [2.24, 2.45) is 0 Å². The van der Waals surface area contributed by atoms with E-state index >= 15 is 0 Å². The van der Waals surface area contributed by atoms with Crippen LogP contribution >= 0.6 is 0 Å². The predicted octanol–water partition coefficient (Wildman–Crippen LogP) is 5.58. The third-order valence-corrected chi connectivity index (χ3v) is 5.96. The summed E-state index contributed by atoms with van der Waals surface area (Å²) in [5.74, 6) is -0.0607. The third kappa shape index (κ3) is 3.80. The van der Waals surface area contributed by atoms with Crippen LogP contribution in [0.4, 0.5) is 5.69 Å². The predicted molar refractivity (Wildman–Crippen MR) is 137 cm³/mol. The number of fused-ring (bicyclic) bond motifs is 2. The highest BCUT2D eigenvalue weighted by atomic mass is 16.1. The first-order valence-electron chi connectivity index (χ1n) is 11.3. The number of aromatic amines is 2. The molecule has 0 bridgehead atoms. The number of hydrogen-bond acceptors (Lipinski definition) is 5. The second kappa shape index (κ2) is 8.49. The van der Waals surface area contributed by atoms with E-state index < -0.39 is 0 Å². The lowest BCUT2D eigenvalue weighted by Crippen LogP contribution is -2.09. The Labute approximate surface area is 200 Å². The first-order chi connectivity index (χ1) is 17.2. The van der Waals surface area contributed by atoms with Crippen molar-refractivity contribution in [2.75, 3.05) is 5.32 Å². The molecule has 0 radical (unpaired) electrons. The molecule has 0 unspecified atom stereocenters. The molecule has 0 aliphatic heterocycles. The molecule has 1 aromatic carbocycles. The molecule has 0 aliphatic rings. The van der Waals surface area contributed by atoms with Crippen molar-refractivity contribution in [1.29, 1.82) is 0 Å². The van der Waals surface area contributed by atoms with Crippen molar-refractivity contribution >= 4 is 33.5 Å². The average molecular weight is 460 g/mol. The highest BCUT2D eigenvalue weighted by Gasteiger charge is 2.15. The smallest absolute Gasteiger partial charge is 0.224 e. The quantitative estimate of drug-likeness (QED) is 0.312. The van der Waals surface area contributed by atoms with Gasteiger partial charge in [-0.15, -0.1) is 0 Å². The Morgan fingerprint density at radius 3 is 2.69 bits per heavy atom. The number of aromatic nitrogens is 6. The van der Waals surface area contributed by atoms with Crippen molar-refractivity contribution in [3.05, 3.63) is 79.4 Å². The number of carbonyl (C=O) groups is 1. The molecule has 0 atom stereocenters. The fourth-order valence-electron chi connectivity index (χ4n) is 4.21. The molecule has 1 amide bonds. The molecule has 5 heterocycles. The summed E-state index contributed by atoms with van der Waals surface area (Å²) in [5, 5.41) is 11.6. The van der Waals surface area contributed by atoms with Gasteiger partial charge in [-0.25, -0.2) is 4.98 Å². The minimum absolute atomic E-state index is 0.0607. The SMILES string of the molecule is CCC(=O)Nc1cncc(-c2ccc3[nH]nc(-c4cc5c(-c6ccncc6)cccc5[nH]4)c3n2)c1. The molecule has 5 aromatic heterocycles. The van der Waals surface area contributed by atoms with Gasteiger partial charge in [0.15, 0.2) is 0 Å². The van der Waals surface area contributed by atoms with Crippen molar-refractivity contribution in [2.45, 2.75) is 13.3 Å². The van der Waals surface area contributed by atoms with E-state index in [0.29, 0.717) is 12.1 Å². The fourth-order valence-corrected chi connectivity index (χ4v) is 4.21. The van der Waals surface area contributed by atoms with E-state index in [0.717, 1.165) is 55.7 Å². The lowest BCUT2D eigenvalue weighted by Gasteiger charge is -2.06. The van der Waals surface area contributed by atoms with Crippen LogP contribution in [0.1, 0.15) is 13.3 Å². The van der Waals surface area contributed by atoms with E-state index in [1.165, 1.54) is 0 Å². The Kier molecular flexibility index (Phi) is 5.03. The second-order valence-corrected chi connectivity index (χ2v) is 8.21. The van der Waals surface area contributed by atoms with Crippen molar-refractivity contribution in [1.82, 2.24) is 30.1 Å². The first-order valence-corrected chi connectivity index (χ1v) is 11.3. The van der Waals surface area contributed by atoms with Gasteiger partial charge in [-0.3, -0.25) is 19.9 Å². The van der Waals surface area contributed by atoms with Gasteiger partial charge in [0.2, 0.25) is 5.91 Å². The van der Waals surface area contributed by atoms with Crippen molar-refractivity contribution in [3.8, 4) is 33.8 Å². The second-order valence-electron chi connectivity index (χ2n) is 8.21. The monoisotopic (exact) mass is 459 g/mol. The van der Waals surface area contributed by atoms with Crippen LogP contribution < -0.4 is 5.32 Å². The molecule has 6 rings (SSSR count). The molecular formula is C27H21N7O. The zero-order valence-corrected chi connectivity index (χ0v) is 18.9.